The van der Waals surface area contributed by atoms with Gasteiger partial charge in [-0.3, -0.25) is 4.90 Å². The Labute approximate surface area is 152 Å². The zero-order valence-electron chi connectivity index (χ0n) is 14.4. The minimum absolute atomic E-state index is 0.217. The molecule has 0 saturated carbocycles. The molecule has 1 aromatic heterocycles. The third kappa shape index (κ3) is 4.41. The SMILES string of the molecule is CN(Cc1cccc(F)c1)Cn1nc(Cc2ccccc2)n(C)c1=S. The van der Waals surface area contributed by atoms with E-state index in [9.17, 15) is 4.39 Å². The Morgan fingerprint density at radius 1 is 1.08 bits per heavy atom. The van der Waals surface area contributed by atoms with Gasteiger partial charge in [-0.2, -0.15) is 5.10 Å². The molecule has 0 radical (unpaired) electrons. The first-order valence-electron chi connectivity index (χ1n) is 8.12. The molecule has 0 atom stereocenters. The molecule has 0 fully saturated rings. The minimum Gasteiger partial charge on any atom is -0.307 e. The fraction of sp³-hybridized carbons (Fsp3) is 0.263. The predicted molar refractivity (Wildman–Crippen MR) is 99.1 cm³/mol. The number of benzene rings is 2. The maximum absolute atomic E-state index is 13.3. The van der Waals surface area contributed by atoms with Gasteiger partial charge in [0.2, 0.25) is 0 Å². The quantitative estimate of drug-likeness (QED) is 0.629. The van der Waals surface area contributed by atoms with Crippen LogP contribution in [-0.2, 0) is 26.7 Å². The molecule has 6 heteroatoms. The van der Waals surface area contributed by atoms with Crippen LogP contribution in [0.2, 0.25) is 0 Å². The summed E-state index contributed by atoms with van der Waals surface area (Å²) in [5.74, 6) is 0.709. The lowest BCUT2D eigenvalue weighted by molar-refractivity contribution is 0.243. The summed E-state index contributed by atoms with van der Waals surface area (Å²) in [6.07, 6.45) is 0.738. The first-order chi connectivity index (χ1) is 12.0. The van der Waals surface area contributed by atoms with Crippen molar-refractivity contribution in [2.75, 3.05) is 7.05 Å². The van der Waals surface area contributed by atoms with E-state index in [-0.39, 0.29) is 5.82 Å². The lowest BCUT2D eigenvalue weighted by Gasteiger charge is -2.16. The standard InChI is InChI=1S/C19H21FN4S/c1-22(13-16-9-6-10-17(20)11-16)14-24-19(25)23(2)18(21-24)12-15-7-4-3-5-8-15/h3-11H,12-14H2,1-2H3. The van der Waals surface area contributed by atoms with E-state index >= 15 is 0 Å². The molecule has 0 bridgehead atoms. The van der Waals surface area contributed by atoms with Gasteiger partial charge >= 0.3 is 0 Å². The molecular formula is C19H21FN4S. The lowest BCUT2D eigenvalue weighted by atomic mass is 10.1. The van der Waals surface area contributed by atoms with Gasteiger partial charge in [0.15, 0.2) is 4.77 Å². The number of aromatic nitrogens is 3. The Bertz CT molecular complexity index is 901. The Morgan fingerprint density at radius 3 is 2.52 bits per heavy atom. The van der Waals surface area contributed by atoms with Crippen molar-refractivity contribution in [1.82, 2.24) is 19.2 Å². The van der Waals surface area contributed by atoms with E-state index in [0.29, 0.717) is 18.0 Å². The summed E-state index contributed by atoms with van der Waals surface area (Å²) in [7, 11) is 3.91. The average Bonchev–Trinajstić information content (AvgIpc) is 2.84. The van der Waals surface area contributed by atoms with E-state index < -0.39 is 0 Å². The van der Waals surface area contributed by atoms with E-state index in [2.05, 4.69) is 22.1 Å². The van der Waals surface area contributed by atoms with Gasteiger partial charge in [0.25, 0.3) is 0 Å². The van der Waals surface area contributed by atoms with Crippen LogP contribution >= 0.6 is 12.2 Å². The maximum Gasteiger partial charge on any atom is 0.198 e. The molecule has 0 saturated heterocycles. The van der Waals surface area contributed by atoms with Crippen LogP contribution in [-0.4, -0.2) is 26.3 Å². The van der Waals surface area contributed by atoms with Gasteiger partial charge in [-0.15, -0.1) is 0 Å². The Kier molecular flexibility index (Phi) is 5.40. The van der Waals surface area contributed by atoms with E-state index in [1.165, 1.54) is 11.6 Å². The summed E-state index contributed by atoms with van der Waals surface area (Å²) in [4.78, 5) is 2.06. The van der Waals surface area contributed by atoms with E-state index in [1.807, 2.05) is 47.6 Å². The summed E-state index contributed by atoms with van der Waals surface area (Å²) in [6.45, 7) is 1.18. The zero-order chi connectivity index (χ0) is 17.8. The van der Waals surface area contributed by atoms with Crippen LogP contribution in [0, 0.1) is 10.6 Å². The van der Waals surface area contributed by atoms with Crippen LogP contribution in [0.3, 0.4) is 0 Å². The first kappa shape index (κ1) is 17.5. The number of rotatable bonds is 6. The van der Waals surface area contributed by atoms with Crippen molar-refractivity contribution in [1.29, 1.82) is 0 Å². The van der Waals surface area contributed by atoms with Crippen LogP contribution in [0.15, 0.2) is 54.6 Å². The molecule has 130 valence electrons. The molecule has 0 amide bonds. The zero-order valence-corrected chi connectivity index (χ0v) is 15.2. The van der Waals surface area contributed by atoms with Crippen molar-refractivity contribution >= 4 is 12.2 Å². The van der Waals surface area contributed by atoms with Crippen molar-refractivity contribution in [2.24, 2.45) is 7.05 Å². The topological polar surface area (TPSA) is 26.0 Å². The second-order valence-corrected chi connectivity index (χ2v) is 6.57. The molecule has 4 nitrogen and oxygen atoms in total. The molecule has 0 aliphatic heterocycles. The molecule has 3 aromatic rings. The fourth-order valence-electron chi connectivity index (χ4n) is 2.78. The van der Waals surface area contributed by atoms with Gasteiger partial charge in [0, 0.05) is 20.0 Å². The normalized spacial score (nSPS) is 11.2. The van der Waals surface area contributed by atoms with Gasteiger partial charge < -0.3 is 4.57 Å². The largest absolute Gasteiger partial charge is 0.307 e. The van der Waals surface area contributed by atoms with Crippen molar-refractivity contribution in [3.63, 3.8) is 0 Å². The fourth-order valence-corrected chi connectivity index (χ4v) is 2.99. The number of nitrogens with zero attached hydrogens (tertiary/aromatic N) is 4. The summed E-state index contributed by atoms with van der Waals surface area (Å²) < 4.78 is 17.7. The molecule has 2 aromatic carbocycles. The van der Waals surface area contributed by atoms with Crippen LogP contribution in [0.4, 0.5) is 4.39 Å². The maximum atomic E-state index is 13.3. The molecule has 0 spiro atoms. The lowest BCUT2D eigenvalue weighted by Crippen LogP contribution is -2.22. The van der Waals surface area contributed by atoms with E-state index in [1.54, 1.807) is 12.1 Å². The van der Waals surface area contributed by atoms with Crippen LogP contribution in [0.1, 0.15) is 17.0 Å². The van der Waals surface area contributed by atoms with Gasteiger partial charge in [0.05, 0.1) is 6.67 Å². The highest BCUT2D eigenvalue weighted by molar-refractivity contribution is 7.71. The Hall–Kier alpha value is -2.31. The van der Waals surface area contributed by atoms with Gasteiger partial charge in [0.1, 0.15) is 11.6 Å². The second kappa shape index (κ2) is 7.72. The first-order valence-corrected chi connectivity index (χ1v) is 8.53. The van der Waals surface area contributed by atoms with Crippen LogP contribution in [0.5, 0.6) is 0 Å². The number of halogens is 1. The monoisotopic (exact) mass is 356 g/mol. The van der Waals surface area contributed by atoms with E-state index in [4.69, 9.17) is 12.2 Å². The van der Waals surface area contributed by atoms with Gasteiger partial charge in [-0.05, 0) is 42.5 Å². The predicted octanol–water partition coefficient (Wildman–Crippen LogP) is 3.77. The highest BCUT2D eigenvalue weighted by atomic mass is 32.1. The van der Waals surface area contributed by atoms with Crippen molar-refractivity contribution in [3.8, 4) is 0 Å². The molecule has 1 heterocycles. The third-order valence-electron chi connectivity index (χ3n) is 4.05. The molecule has 25 heavy (non-hydrogen) atoms. The van der Waals surface area contributed by atoms with Crippen LogP contribution < -0.4 is 0 Å². The van der Waals surface area contributed by atoms with Gasteiger partial charge in [-0.25, -0.2) is 9.07 Å². The highest BCUT2D eigenvalue weighted by Crippen LogP contribution is 2.10. The Balaban J connectivity index is 1.72. The van der Waals surface area contributed by atoms with Crippen molar-refractivity contribution in [2.45, 2.75) is 19.6 Å². The van der Waals surface area contributed by atoms with Crippen LogP contribution in [0.25, 0.3) is 0 Å². The van der Waals surface area contributed by atoms with E-state index in [0.717, 1.165) is 17.8 Å². The molecule has 0 aliphatic rings. The smallest absolute Gasteiger partial charge is 0.198 e. The summed E-state index contributed by atoms with van der Waals surface area (Å²) in [6, 6.07) is 16.9. The van der Waals surface area contributed by atoms with Crippen molar-refractivity contribution < 1.29 is 4.39 Å². The molecule has 0 N–H and O–H groups in total. The number of hydrogen-bond donors (Lipinski definition) is 0. The summed E-state index contributed by atoms with van der Waals surface area (Å²) in [5.41, 5.74) is 2.13. The molecule has 3 rings (SSSR count). The summed E-state index contributed by atoms with van der Waals surface area (Å²) in [5, 5.41) is 4.66. The highest BCUT2D eigenvalue weighted by Gasteiger charge is 2.10. The third-order valence-corrected chi connectivity index (χ3v) is 4.54. The Morgan fingerprint density at radius 2 is 1.80 bits per heavy atom. The second-order valence-electron chi connectivity index (χ2n) is 6.21. The molecule has 0 unspecified atom stereocenters. The van der Waals surface area contributed by atoms with Crippen molar-refractivity contribution in [3.05, 3.63) is 82.1 Å². The molecular weight excluding hydrogens is 335 g/mol. The van der Waals surface area contributed by atoms with Gasteiger partial charge in [-0.1, -0.05) is 42.5 Å². The average molecular weight is 356 g/mol. The summed E-state index contributed by atoms with van der Waals surface area (Å²) >= 11 is 5.51. The number of hydrogen-bond acceptors (Lipinski definition) is 3. The minimum atomic E-state index is -0.217. The molecule has 0 aliphatic carbocycles.